The van der Waals surface area contributed by atoms with Gasteiger partial charge in [0.1, 0.15) is 0 Å². The van der Waals surface area contributed by atoms with E-state index >= 15 is 0 Å². The van der Waals surface area contributed by atoms with Crippen molar-refractivity contribution in [2.24, 2.45) is 0 Å². The monoisotopic (exact) mass is 311 g/mol. The molecule has 0 unspecified atom stereocenters. The van der Waals surface area contributed by atoms with Gasteiger partial charge in [-0.2, -0.15) is 0 Å². The van der Waals surface area contributed by atoms with E-state index in [1.54, 1.807) is 4.90 Å². The van der Waals surface area contributed by atoms with Gasteiger partial charge in [-0.1, -0.05) is 25.7 Å². The second-order valence-corrected chi connectivity index (χ2v) is 6.06. The summed E-state index contributed by atoms with van der Waals surface area (Å²) in [4.78, 5) is 25.3. The molecule has 1 aliphatic carbocycles. The molecule has 1 saturated carbocycles. The molecule has 128 valence electrons. The van der Waals surface area contributed by atoms with Crippen molar-refractivity contribution in [3.05, 3.63) is 0 Å². The summed E-state index contributed by atoms with van der Waals surface area (Å²) in [7, 11) is 0. The van der Waals surface area contributed by atoms with E-state index in [9.17, 15) is 9.59 Å². The first-order chi connectivity index (χ1) is 10.7. The molecule has 2 amide bonds. The Labute approximate surface area is 135 Å². The molecule has 0 bridgehead atoms. The van der Waals surface area contributed by atoms with E-state index in [0.717, 1.165) is 6.54 Å². The molecular weight excluding hydrogens is 278 g/mol. The van der Waals surface area contributed by atoms with Crippen molar-refractivity contribution in [1.82, 2.24) is 15.5 Å². The quantitative estimate of drug-likeness (QED) is 0.506. The highest BCUT2D eigenvalue weighted by Crippen LogP contribution is 2.16. The summed E-state index contributed by atoms with van der Waals surface area (Å²) in [6.07, 6.45) is 8.46. The topological polar surface area (TPSA) is 61.4 Å². The Morgan fingerprint density at radius 2 is 1.59 bits per heavy atom. The number of nitrogens with one attached hydrogen (secondary N) is 2. The number of carbonyl (C=O) groups is 2. The smallest absolute Gasteiger partial charge is 0.223 e. The second-order valence-electron chi connectivity index (χ2n) is 6.06. The van der Waals surface area contributed by atoms with Crippen molar-refractivity contribution in [3.63, 3.8) is 0 Å². The molecule has 0 aromatic rings. The van der Waals surface area contributed by atoms with Crippen LogP contribution in [0.2, 0.25) is 0 Å². The van der Waals surface area contributed by atoms with Crippen molar-refractivity contribution in [2.75, 3.05) is 26.2 Å². The van der Waals surface area contributed by atoms with Crippen molar-refractivity contribution in [1.29, 1.82) is 0 Å². The predicted octanol–water partition coefficient (Wildman–Crippen LogP) is 2.06. The van der Waals surface area contributed by atoms with E-state index in [4.69, 9.17) is 0 Å². The lowest BCUT2D eigenvalue weighted by atomic mass is 10.1. The summed E-state index contributed by atoms with van der Waals surface area (Å²) in [5, 5.41) is 6.42. The van der Waals surface area contributed by atoms with Gasteiger partial charge < -0.3 is 15.5 Å². The van der Waals surface area contributed by atoms with Crippen molar-refractivity contribution in [3.8, 4) is 0 Å². The van der Waals surface area contributed by atoms with Gasteiger partial charge in [-0.3, -0.25) is 9.59 Å². The molecule has 0 radical (unpaired) electrons. The van der Waals surface area contributed by atoms with Gasteiger partial charge in [0, 0.05) is 45.1 Å². The maximum Gasteiger partial charge on any atom is 0.223 e. The molecule has 0 spiro atoms. The van der Waals surface area contributed by atoms with Gasteiger partial charge >= 0.3 is 0 Å². The van der Waals surface area contributed by atoms with E-state index in [1.165, 1.54) is 38.5 Å². The maximum absolute atomic E-state index is 11.8. The van der Waals surface area contributed by atoms with Gasteiger partial charge in [0.15, 0.2) is 0 Å². The van der Waals surface area contributed by atoms with Crippen LogP contribution in [-0.4, -0.2) is 48.9 Å². The van der Waals surface area contributed by atoms with Crippen LogP contribution in [0.4, 0.5) is 0 Å². The molecule has 5 nitrogen and oxygen atoms in total. The van der Waals surface area contributed by atoms with E-state index in [1.807, 2.05) is 13.8 Å². The first kappa shape index (κ1) is 18.9. The number of nitrogens with zero attached hydrogens (tertiary/aromatic N) is 1. The third-order valence-electron chi connectivity index (χ3n) is 4.42. The molecule has 0 aromatic carbocycles. The third-order valence-corrected chi connectivity index (χ3v) is 4.42. The Morgan fingerprint density at radius 1 is 0.955 bits per heavy atom. The summed E-state index contributed by atoms with van der Waals surface area (Å²) >= 11 is 0. The molecule has 2 N–H and O–H groups in total. The Bertz CT molecular complexity index is 322. The average Bonchev–Trinajstić information content (AvgIpc) is 2.79. The van der Waals surface area contributed by atoms with Crippen LogP contribution in [0.15, 0.2) is 0 Å². The number of rotatable bonds is 9. The maximum atomic E-state index is 11.8. The largest absolute Gasteiger partial charge is 0.355 e. The first-order valence-electron chi connectivity index (χ1n) is 8.95. The fourth-order valence-corrected chi connectivity index (χ4v) is 3.00. The van der Waals surface area contributed by atoms with E-state index in [-0.39, 0.29) is 11.8 Å². The fraction of sp³-hybridized carbons (Fsp3) is 0.882. The Kier molecular flexibility index (Phi) is 9.87. The van der Waals surface area contributed by atoms with E-state index < -0.39 is 0 Å². The van der Waals surface area contributed by atoms with Crippen LogP contribution in [-0.2, 0) is 9.59 Å². The molecule has 0 aromatic heterocycles. The standard InChI is InChI=1S/C17H33N3O2/c1-3-20(4-2)17(22)12-11-16(21)19-14-13-18-15-9-7-5-6-8-10-15/h15,18H,3-14H2,1-2H3,(H,19,21). The zero-order valence-corrected chi connectivity index (χ0v) is 14.3. The highest BCUT2D eigenvalue weighted by Gasteiger charge is 2.13. The number of hydrogen-bond donors (Lipinski definition) is 2. The third kappa shape index (κ3) is 7.78. The van der Waals surface area contributed by atoms with Crippen molar-refractivity contribution < 1.29 is 9.59 Å². The summed E-state index contributed by atoms with van der Waals surface area (Å²) in [6.45, 7) is 6.81. The molecule has 1 aliphatic rings. The van der Waals surface area contributed by atoms with Crippen LogP contribution in [0.1, 0.15) is 65.2 Å². The van der Waals surface area contributed by atoms with Crippen LogP contribution in [0.3, 0.4) is 0 Å². The number of carbonyl (C=O) groups excluding carboxylic acids is 2. The molecule has 22 heavy (non-hydrogen) atoms. The minimum atomic E-state index is -0.0248. The average molecular weight is 311 g/mol. The van der Waals surface area contributed by atoms with Gasteiger partial charge in [-0.05, 0) is 26.7 Å². The lowest BCUT2D eigenvalue weighted by Crippen LogP contribution is -2.37. The zero-order chi connectivity index (χ0) is 16.2. The molecule has 0 aliphatic heterocycles. The SMILES string of the molecule is CCN(CC)C(=O)CCC(=O)NCCNC1CCCCCC1. The minimum Gasteiger partial charge on any atom is -0.355 e. The van der Waals surface area contributed by atoms with Crippen LogP contribution in [0.5, 0.6) is 0 Å². The molecule has 5 heteroatoms. The van der Waals surface area contributed by atoms with Crippen molar-refractivity contribution >= 4 is 11.8 Å². The van der Waals surface area contributed by atoms with Gasteiger partial charge in [0.2, 0.25) is 11.8 Å². The highest BCUT2D eigenvalue weighted by molar-refractivity contribution is 5.83. The number of hydrogen-bond acceptors (Lipinski definition) is 3. The highest BCUT2D eigenvalue weighted by atomic mass is 16.2. The lowest BCUT2D eigenvalue weighted by molar-refractivity contribution is -0.133. The summed E-state index contributed by atoms with van der Waals surface area (Å²) in [5.41, 5.74) is 0. The summed E-state index contributed by atoms with van der Waals surface area (Å²) < 4.78 is 0. The van der Waals surface area contributed by atoms with Gasteiger partial charge in [0.25, 0.3) is 0 Å². The second kappa shape index (κ2) is 11.5. The van der Waals surface area contributed by atoms with E-state index in [0.29, 0.717) is 38.5 Å². The Morgan fingerprint density at radius 3 is 2.18 bits per heavy atom. The fourth-order valence-electron chi connectivity index (χ4n) is 3.00. The molecule has 0 atom stereocenters. The Balaban J connectivity index is 2.06. The minimum absolute atomic E-state index is 0.0248. The van der Waals surface area contributed by atoms with Gasteiger partial charge in [-0.15, -0.1) is 0 Å². The summed E-state index contributed by atoms with van der Waals surface area (Å²) in [6, 6.07) is 0.614. The first-order valence-corrected chi connectivity index (χ1v) is 8.95. The molecule has 0 saturated heterocycles. The van der Waals surface area contributed by atoms with Gasteiger partial charge in [-0.25, -0.2) is 0 Å². The van der Waals surface area contributed by atoms with Crippen LogP contribution in [0.25, 0.3) is 0 Å². The molecule has 0 heterocycles. The molecular formula is C17H33N3O2. The van der Waals surface area contributed by atoms with Crippen LogP contribution < -0.4 is 10.6 Å². The lowest BCUT2D eigenvalue weighted by Gasteiger charge is -2.18. The summed E-state index contributed by atoms with van der Waals surface area (Å²) in [5.74, 6) is 0.0416. The van der Waals surface area contributed by atoms with Gasteiger partial charge in [0.05, 0.1) is 0 Å². The predicted molar refractivity (Wildman–Crippen MR) is 89.7 cm³/mol. The number of amides is 2. The van der Waals surface area contributed by atoms with E-state index in [2.05, 4.69) is 10.6 Å². The molecule has 1 fully saturated rings. The Hall–Kier alpha value is -1.10. The van der Waals surface area contributed by atoms with Crippen LogP contribution >= 0.6 is 0 Å². The molecule has 1 rings (SSSR count). The zero-order valence-electron chi connectivity index (χ0n) is 14.3. The van der Waals surface area contributed by atoms with Crippen LogP contribution in [0, 0.1) is 0 Å². The normalized spacial score (nSPS) is 16.1. The van der Waals surface area contributed by atoms with Crippen molar-refractivity contribution in [2.45, 2.75) is 71.3 Å².